The van der Waals surface area contributed by atoms with Crippen LogP contribution in [0.3, 0.4) is 0 Å². The monoisotopic (exact) mass is 678 g/mol. The Labute approximate surface area is 225 Å². The molecule has 0 bridgehead atoms. The summed E-state index contributed by atoms with van der Waals surface area (Å²) < 4.78 is 34.0. The molecule has 36 heavy (non-hydrogen) atoms. The SMILES string of the molecule is [C-]#[N+]c1ccc2ccccc2c1.[O-][Cl+3]([O-])([O-])[O-].[Pt+2].[c-]1ccccc1-c1cccc(-c2ccccn2)n1. The fraction of sp³-hybridized carbons (Fsp3) is 0. The number of halogens is 1. The van der Waals surface area contributed by atoms with Gasteiger partial charge in [0.25, 0.3) is 0 Å². The Morgan fingerprint density at radius 1 is 0.694 bits per heavy atom. The molecular formula is C27H18ClN3O4Pt. The zero-order chi connectivity index (χ0) is 25.1. The molecule has 3 aromatic carbocycles. The fourth-order valence-corrected chi connectivity index (χ4v) is 3.04. The second-order valence-electron chi connectivity index (χ2n) is 6.92. The van der Waals surface area contributed by atoms with Gasteiger partial charge in [0.1, 0.15) is 0 Å². The van der Waals surface area contributed by atoms with E-state index in [9.17, 15) is 0 Å². The largest absolute Gasteiger partial charge is 2.00 e. The molecule has 0 aliphatic rings. The number of fused-ring (bicyclic) bond motifs is 1. The zero-order valence-electron chi connectivity index (χ0n) is 18.6. The van der Waals surface area contributed by atoms with Gasteiger partial charge in [-0.1, -0.05) is 54.6 Å². The van der Waals surface area contributed by atoms with E-state index in [1.807, 2.05) is 103 Å². The Balaban J connectivity index is 0.000000220. The van der Waals surface area contributed by atoms with Gasteiger partial charge in [-0.05, 0) is 40.7 Å². The third-order valence-electron chi connectivity index (χ3n) is 4.52. The van der Waals surface area contributed by atoms with Crippen molar-refractivity contribution in [2.45, 2.75) is 0 Å². The Morgan fingerprint density at radius 3 is 1.97 bits per heavy atom. The summed E-state index contributed by atoms with van der Waals surface area (Å²) >= 11 is 0. The molecular weight excluding hydrogens is 661 g/mol. The summed E-state index contributed by atoms with van der Waals surface area (Å²) in [6.45, 7) is 6.84. The summed E-state index contributed by atoms with van der Waals surface area (Å²) in [5, 5.41) is 2.32. The van der Waals surface area contributed by atoms with Gasteiger partial charge in [-0.15, -0.1) is 46.1 Å². The van der Waals surface area contributed by atoms with Gasteiger partial charge in [0.2, 0.25) is 0 Å². The van der Waals surface area contributed by atoms with Crippen molar-refractivity contribution >= 4 is 16.5 Å². The molecule has 0 spiro atoms. The second-order valence-corrected chi connectivity index (χ2v) is 7.68. The van der Waals surface area contributed by atoms with Gasteiger partial charge in [0.05, 0.1) is 18.0 Å². The van der Waals surface area contributed by atoms with E-state index in [1.54, 1.807) is 6.20 Å². The third-order valence-corrected chi connectivity index (χ3v) is 4.52. The quantitative estimate of drug-likeness (QED) is 0.264. The molecule has 0 amide bonds. The topological polar surface area (TPSA) is 122 Å². The van der Waals surface area contributed by atoms with E-state index in [1.165, 1.54) is 5.39 Å². The molecule has 5 aromatic rings. The predicted octanol–water partition coefficient (Wildman–Crippen LogP) is 2.24. The van der Waals surface area contributed by atoms with Crippen LogP contribution in [0.1, 0.15) is 0 Å². The molecule has 0 unspecified atom stereocenters. The first-order valence-electron chi connectivity index (χ1n) is 10.2. The minimum Gasteiger partial charge on any atom is -0.295 e. The minimum absolute atomic E-state index is 0. The van der Waals surface area contributed by atoms with Crippen LogP contribution in [0.2, 0.25) is 0 Å². The molecule has 0 saturated heterocycles. The Morgan fingerprint density at radius 2 is 1.33 bits per heavy atom. The van der Waals surface area contributed by atoms with Gasteiger partial charge in [0, 0.05) is 6.20 Å². The summed E-state index contributed by atoms with van der Waals surface area (Å²) in [7, 11) is -4.94. The molecule has 182 valence electrons. The first-order chi connectivity index (χ1) is 16.8. The van der Waals surface area contributed by atoms with Crippen molar-refractivity contribution in [3.05, 3.63) is 127 Å². The van der Waals surface area contributed by atoms with E-state index in [-0.39, 0.29) is 21.1 Å². The minimum atomic E-state index is -4.94. The second kappa shape index (κ2) is 14.2. The molecule has 0 aliphatic carbocycles. The van der Waals surface area contributed by atoms with E-state index in [4.69, 9.17) is 25.2 Å². The molecule has 0 aliphatic heterocycles. The molecule has 0 radical (unpaired) electrons. The summed E-state index contributed by atoms with van der Waals surface area (Å²) in [5.41, 5.74) is 4.38. The standard InChI is InChI=1S/C16H11N2.C11H7N.ClHO4.Pt/c1-2-7-13(8-3-1)14-10-6-11-16(18-14)15-9-4-5-12-17-15;1-12-11-7-6-9-4-2-3-5-10(9)8-11;2-1(3,4)5;/h1-7,9-12H;2-8H;(H,2,3,4,5);/q-1;;;+2/p-1. The number of hydrogen-bond acceptors (Lipinski definition) is 6. The average Bonchev–Trinajstić information content (AvgIpc) is 2.89. The molecule has 7 nitrogen and oxygen atoms in total. The van der Waals surface area contributed by atoms with Crippen molar-refractivity contribution in [2.75, 3.05) is 0 Å². The van der Waals surface area contributed by atoms with Crippen molar-refractivity contribution < 1.29 is 49.9 Å². The van der Waals surface area contributed by atoms with Crippen molar-refractivity contribution in [3.8, 4) is 22.6 Å². The Bertz CT molecular complexity index is 1350. The Hall–Kier alpha value is -3.47. The van der Waals surface area contributed by atoms with Gasteiger partial charge >= 0.3 is 21.1 Å². The Kier molecular flexibility index (Phi) is 11.3. The molecule has 0 N–H and O–H groups in total. The summed E-state index contributed by atoms with van der Waals surface area (Å²) in [6, 6.07) is 36.6. The van der Waals surface area contributed by atoms with Crippen molar-refractivity contribution in [1.82, 2.24) is 9.97 Å². The first-order valence-corrected chi connectivity index (χ1v) is 11.4. The summed E-state index contributed by atoms with van der Waals surface area (Å²) in [4.78, 5) is 12.3. The molecule has 0 fully saturated rings. The van der Waals surface area contributed by atoms with Crippen molar-refractivity contribution in [3.63, 3.8) is 0 Å². The van der Waals surface area contributed by atoms with Crippen molar-refractivity contribution in [1.29, 1.82) is 0 Å². The maximum absolute atomic E-state index is 8.49. The number of nitrogens with zero attached hydrogens (tertiary/aromatic N) is 3. The molecule has 2 heterocycles. The average molecular weight is 679 g/mol. The molecule has 9 heteroatoms. The van der Waals surface area contributed by atoms with Gasteiger partial charge < -0.3 is 0 Å². The number of rotatable bonds is 2. The molecule has 0 saturated carbocycles. The molecule has 5 rings (SSSR count). The number of aromatic nitrogens is 2. The van der Waals surface area contributed by atoms with E-state index in [0.717, 1.165) is 28.0 Å². The van der Waals surface area contributed by atoms with Gasteiger partial charge in [0.15, 0.2) is 5.69 Å². The normalized spacial score (nSPS) is 9.97. The van der Waals surface area contributed by atoms with Crippen molar-refractivity contribution in [2.24, 2.45) is 0 Å². The van der Waals surface area contributed by atoms with E-state index in [2.05, 4.69) is 20.9 Å². The van der Waals surface area contributed by atoms with Crippen LogP contribution in [0.4, 0.5) is 5.69 Å². The van der Waals surface area contributed by atoms with Crippen LogP contribution in [0.5, 0.6) is 0 Å². The van der Waals surface area contributed by atoms with Gasteiger partial charge in [-0.3, -0.25) is 9.97 Å². The van der Waals surface area contributed by atoms with Crippen LogP contribution < -0.4 is 18.6 Å². The maximum Gasteiger partial charge on any atom is 2.00 e. The van der Waals surface area contributed by atoms with Crippen LogP contribution >= 0.6 is 0 Å². The number of pyridine rings is 2. The van der Waals surface area contributed by atoms with Gasteiger partial charge in [-0.2, -0.15) is 0 Å². The summed E-state index contributed by atoms with van der Waals surface area (Å²) in [6.07, 6.45) is 1.78. The van der Waals surface area contributed by atoms with Gasteiger partial charge in [-0.25, -0.2) is 23.5 Å². The van der Waals surface area contributed by atoms with Crippen LogP contribution in [0.25, 0.3) is 38.3 Å². The fourth-order valence-electron chi connectivity index (χ4n) is 3.04. The smallest absolute Gasteiger partial charge is 0.295 e. The van der Waals surface area contributed by atoms with Crippen LogP contribution in [-0.2, 0) is 21.1 Å². The summed E-state index contributed by atoms with van der Waals surface area (Å²) in [5.74, 6) is 0. The van der Waals surface area contributed by atoms with Crippen LogP contribution in [0.15, 0.2) is 109 Å². The number of benzene rings is 3. The van der Waals surface area contributed by atoms with E-state index < -0.39 is 10.2 Å². The zero-order valence-corrected chi connectivity index (χ0v) is 21.6. The molecule has 0 atom stereocenters. The van der Waals surface area contributed by atoms with Crippen LogP contribution in [-0.4, -0.2) is 9.97 Å². The maximum atomic E-state index is 8.49. The van der Waals surface area contributed by atoms with Crippen LogP contribution in [0, 0.1) is 22.9 Å². The van der Waals surface area contributed by atoms with E-state index in [0.29, 0.717) is 5.69 Å². The number of hydrogen-bond donors (Lipinski definition) is 0. The first kappa shape index (κ1) is 28.8. The third kappa shape index (κ3) is 9.65. The predicted molar refractivity (Wildman–Crippen MR) is 122 cm³/mol. The molecule has 2 aromatic heterocycles. The van der Waals surface area contributed by atoms with E-state index >= 15 is 0 Å².